The topological polar surface area (TPSA) is 133 Å². The molecule has 0 radical (unpaired) electrons. The van der Waals surface area contributed by atoms with Crippen LogP contribution in [0, 0.1) is 6.92 Å². The number of aromatic amines is 1. The maximum Gasteiger partial charge on any atom is 0.277 e. The van der Waals surface area contributed by atoms with E-state index in [0.717, 1.165) is 6.42 Å². The third-order valence-electron chi connectivity index (χ3n) is 5.83. The summed E-state index contributed by atoms with van der Waals surface area (Å²) in [5.41, 5.74) is 0.527. The van der Waals surface area contributed by atoms with Gasteiger partial charge in [0, 0.05) is 38.7 Å². The second-order valence-electron chi connectivity index (χ2n) is 8.15. The minimum atomic E-state index is -3.91. The van der Waals surface area contributed by atoms with Crippen LogP contribution in [0.3, 0.4) is 0 Å². The maximum atomic E-state index is 13.4. The van der Waals surface area contributed by atoms with Crippen molar-refractivity contribution in [1.29, 1.82) is 0 Å². The van der Waals surface area contributed by atoms with E-state index in [9.17, 15) is 18.3 Å². The van der Waals surface area contributed by atoms with E-state index >= 15 is 0 Å². The first kappa shape index (κ1) is 23.2. The van der Waals surface area contributed by atoms with Gasteiger partial charge in [-0.05, 0) is 26.5 Å². The van der Waals surface area contributed by atoms with Gasteiger partial charge in [-0.25, -0.2) is 17.9 Å². The third kappa shape index (κ3) is 4.09. The summed E-state index contributed by atoms with van der Waals surface area (Å²) in [6.45, 7) is 5.63. The van der Waals surface area contributed by atoms with Gasteiger partial charge in [0.15, 0.2) is 11.3 Å². The molecule has 12 heteroatoms. The SMILES string of the molecule is CCCc1nc(C)c2c(=O)[nH]c(-c3cc(S(=O)(=O)N4CCN(C)CC4)c(OC)cc3O)nn12. The molecule has 2 aromatic heterocycles. The lowest BCUT2D eigenvalue weighted by Crippen LogP contribution is -2.47. The third-order valence-corrected chi connectivity index (χ3v) is 7.75. The van der Waals surface area contributed by atoms with Gasteiger partial charge in [0.25, 0.3) is 5.56 Å². The number of rotatable bonds is 6. The highest BCUT2D eigenvalue weighted by atomic mass is 32.2. The van der Waals surface area contributed by atoms with E-state index < -0.39 is 15.6 Å². The number of nitrogens with one attached hydrogen (secondary N) is 1. The number of H-pyrrole nitrogens is 1. The summed E-state index contributed by atoms with van der Waals surface area (Å²) in [7, 11) is -0.630. The molecule has 0 unspecified atom stereocenters. The lowest BCUT2D eigenvalue weighted by molar-refractivity contribution is 0.222. The number of fused-ring (bicyclic) bond motifs is 1. The largest absolute Gasteiger partial charge is 0.507 e. The normalized spacial score (nSPS) is 15.9. The predicted octanol–water partition coefficient (Wildman–Crippen LogP) is 0.996. The molecule has 1 aliphatic rings. The average molecular weight is 477 g/mol. The molecule has 11 nitrogen and oxygen atoms in total. The zero-order valence-corrected chi connectivity index (χ0v) is 19.9. The highest BCUT2D eigenvalue weighted by Gasteiger charge is 2.31. The molecule has 0 saturated carbocycles. The van der Waals surface area contributed by atoms with Crippen LogP contribution in [0.5, 0.6) is 11.5 Å². The summed E-state index contributed by atoms with van der Waals surface area (Å²) in [5.74, 6) is 0.414. The standard InChI is InChI=1S/C21H28N6O5S/c1-5-6-18-22-13(2)19-21(29)23-20(24-27(18)19)14-11-17(16(32-4)12-15(14)28)33(30,31)26-9-7-25(3)8-10-26/h11-12,28H,5-10H2,1-4H3,(H,23,24,29). The highest BCUT2D eigenvalue weighted by Crippen LogP contribution is 2.37. The molecule has 0 amide bonds. The number of benzene rings is 1. The molecule has 1 saturated heterocycles. The van der Waals surface area contributed by atoms with Crippen molar-refractivity contribution in [3.63, 3.8) is 0 Å². The molecular weight excluding hydrogens is 448 g/mol. The molecule has 0 aliphatic carbocycles. The Labute approximate surface area is 191 Å². The van der Waals surface area contributed by atoms with E-state index in [-0.39, 0.29) is 27.8 Å². The van der Waals surface area contributed by atoms with Crippen LogP contribution in [-0.4, -0.2) is 82.6 Å². The maximum absolute atomic E-state index is 13.4. The van der Waals surface area contributed by atoms with Gasteiger partial charge in [-0.15, -0.1) is 5.10 Å². The van der Waals surface area contributed by atoms with Gasteiger partial charge in [0.05, 0.1) is 18.4 Å². The quantitative estimate of drug-likeness (QED) is 0.538. The van der Waals surface area contributed by atoms with Crippen LogP contribution in [0.2, 0.25) is 0 Å². The number of aromatic nitrogens is 4. The molecule has 178 valence electrons. The molecule has 0 bridgehead atoms. The fraction of sp³-hybridized carbons (Fsp3) is 0.476. The van der Waals surface area contributed by atoms with E-state index in [4.69, 9.17) is 4.74 Å². The Morgan fingerprint density at radius 1 is 1.21 bits per heavy atom. The molecule has 0 spiro atoms. The summed E-state index contributed by atoms with van der Waals surface area (Å²) in [5, 5.41) is 15.2. The zero-order valence-electron chi connectivity index (χ0n) is 19.1. The fourth-order valence-electron chi connectivity index (χ4n) is 4.01. The van der Waals surface area contributed by atoms with Crippen molar-refractivity contribution in [2.24, 2.45) is 0 Å². The van der Waals surface area contributed by atoms with Crippen molar-refractivity contribution < 1.29 is 18.3 Å². The first-order valence-corrected chi connectivity index (χ1v) is 12.2. The molecule has 33 heavy (non-hydrogen) atoms. The average Bonchev–Trinajstić information content (AvgIpc) is 3.09. The minimum Gasteiger partial charge on any atom is -0.507 e. The molecule has 3 heterocycles. The van der Waals surface area contributed by atoms with Gasteiger partial charge in [-0.3, -0.25) is 4.79 Å². The molecule has 1 aliphatic heterocycles. The Hall–Kier alpha value is -2.96. The second-order valence-corrected chi connectivity index (χ2v) is 10.1. The number of phenolic OH excluding ortho intramolecular Hbond substituents is 1. The van der Waals surface area contributed by atoms with Crippen molar-refractivity contribution >= 4 is 15.5 Å². The number of sulfonamides is 1. The van der Waals surface area contributed by atoms with Crippen LogP contribution < -0.4 is 10.3 Å². The van der Waals surface area contributed by atoms with Gasteiger partial charge in [0.1, 0.15) is 22.2 Å². The van der Waals surface area contributed by atoms with Crippen LogP contribution in [-0.2, 0) is 16.4 Å². The smallest absolute Gasteiger partial charge is 0.277 e. The monoisotopic (exact) mass is 476 g/mol. The Bertz CT molecular complexity index is 1360. The van der Waals surface area contributed by atoms with Gasteiger partial charge < -0.3 is 19.7 Å². The Kier molecular flexibility index (Phi) is 6.16. The van der Waals surface area contributed by atoms with Gasteiger partial charge in [-0.2, -0.15) is 4.31 Å². The number of hydrogen-bond donors (Lipinski definition) is 2. The Morgan fingerprint density at radius 3 is 2.55 bits per heavy atom. The van der Waals surface area contributed by atoms with E-state index in [1.165, 1.54) is 28.1 Å². The van der Waals surface area contributed by atoms with Crippen LogP contribution in [0.15, 0.2) is 21.8 Å². The molecule has 2 N–H and O–H groups in total. The number of imidazole rings is 1. The van der Waals surface area contributed by atoms with Crippen molar-refractivity contribution in [2.75, 3.05) is 40.3 Å². The Morgan fingerprint density at radius 2 is 1.91 bits per heavy atom. The molecule has 1 aromatic carbocycles. The first-order valence-electron chi connectivity index (χ1n) is 10.8. The second kappa shape index (κ2) is 8.76. The summed E-state index contributed by atoms with van der Waals surface area (Å²) in [6.07, 6.45) is 1.42. The number of likely N-dealkylation sites (N-methyl/N-ethyl adjacent to an activating group) is 1. The zero-order chi connectivity index (χ0) is 23.9. The lowest BCUT2D eigenvalue weighted by Gasteiger charge is -2.32. The van der Waals surface area contributed by atoms with Crippen molar-refractivity contribution in [3.05, 3.63) is 34.0 Å². The van der Waals surface area contributed by atoms with Crippen molar-refractivity contribution in [3.8, 4) is 22.9 Å². The van der Waals surface area contributed by atoms with Crippen molar-refractivity contribution in [1.82, 2.24) is 28.8 Å². The first-order chi connectivity index (χ1) is 15.7. The number of piperazine rings is 1. The number of ether oxygens (including phenoxy) is 1. The van der Waals surface area contributed by atoms with E-state index in [0.29, 0.717) is 49.6 Å². The fourth-order valence-corrected chi connectivity index (χ4v) is 5.60. The molecule has 3 aromatic rings. The summed E-state index contributed by atoms with van der Waals surface area (Å²) in [4.78, 5) is 21.9. The van der Waals surface area contributed by atoms with Gasteiger partial charge >= 0.3 is 0 Å². The van der Waals surface area contributed by atoms with Gasteiger partial charge in [-0.1, -0.05) is 6.92 Å². The number of methoxy groups -OCH3 is 1. The number of aromatic hydroxyl groups is 1. The molecule has 1 fully saturated rings. The Balaban J connectivity index is 1.88. The number of aryl methyl sites for hydroxylation is 2. The molecule has 4 rings (SSSR count). The van der Waals surface area contributed by atoms with Crippen molar-refractivity contribution in [2.45, 2.75) is 31.6 Å². The summed E-state index contributed by atoms with van der Waals surface area (Å²) < 4.78 is 35.0. The minimum absolute atomic E-state index is 0.0174. The van der Waals surface area contributed by atoms with E-state index in [1.54, 1.807) is 6.92 Å². The molecule has 0 atom stereocenters. The number of phenols is 1. The number of hydrogen-bond acceptors (Lipinski definition) is 8. The summed E-state index contributed by atoms with van der Waals surface area (Å²) in [6, 6.07) is 2.53. The lowest BCUT2D eigenvalue weighted by atomic mass is 10.2. The van der Waals surface area contributed by atoms with E-state index in [2.05, 4.69) is 20.0 Å². The highest BCUT2D eigenvalue weighted by molar-refractivity contribution is 7.89. The molecular formula is C21H28N6O5S. The summed E-state index contributed by atoms with van der Waals surface area (Å²) >= 11 is 0. The number of nitrogens with zero attached hydrogens (tertiary/aromatic N) is 5. The van der Waals surface area contributed by atoms with E-state index in [1.807, 2.05) is 14.0 Å². The van der Waals surface area contributed by atoms with Crippen LogP contribution in [0.4, 0.5) is 0 Å². The van der Waals surface area contributed by atoms with Crippen LogP contribution >= 0.6 is 0 Å². The van der Waals surface area contributed by atoms with Crippen LogP contribution in [0.25, 0.3) is 16.9 Å². The van der Waals surface area contributed by atoms with Gasteiger partial charge in [0.2, 0.25) is 10.0 Å². The van der Waals surface area contributed by atoms with Crippen LogP contribution in [0.1, 0.15) is 24.9 Å². The predicted molar refractivity (Wildman–Crippen MR) is 122 cm³/mol.